The number of piperazine rings is 1. The van der Waals surface area contributed by atoms with Gasteiger partial charge in [0.05, 0.1) is 0 Å². The fourth-order valence-electron chi connectivity index (χ4n) is 2.38. The van der Waals surface area contributed by atoms with Crippen LogP contribution in [0.1, 0.15) is 5.69 Å². The van der Waals surface area contributed by atoms with E-state index in [0.29, 0.717) is 11.6 Å². The predicted octanol–water partition coefficient (Wildman–Crippen LogP) is 2.33. The summed E-state index contributed by atoms with van der Waals surface area (Å²) < 4.78 is 0. The molecule has 1 aliphatic heterocycles. The van der Waals surface area contributed by atoms with Gasteiger partial charge in [0, 0.05) is 43.1 Å². The van der Waals surface area contributed by atoms with Gasteiger partial charge in [0.1, 0.15) is 11.8 Å². The molecule has 6 heteroatoms. The summed E-state index contributed by atoms with van der Waals surface area (Å²) >= 11 is 5.91. The van der Waals surface area contributed by atoms with Crippen LogP contribution in [-0.4, -0.2) is 36.1 Å². The standard InChI is InChI=1S/C15H14ClN5/c16-12-1-3-14(4-2-12)20-7-9-21(10-8-20)15-18-6-5-13(11-17)19-15/h1-6H,7-10H2. The second-order valence-corrected chi connectivity index (χ2v) is 5.24. The minimum Gasteiger partial charge on any atom is -0.368 e. The van der Waals surface area contributed by atoms with Gasteiger partial charge >= 0.3 is 0 Å². The molecule has 0 atom stereocenters. The quantitative estimate of drug-likeness (QED) is 0.852. The Bertz CT molecular complexity index is 657. The third-order valence-electron chi connectivity index (χ3n) is 3.51. The Hall–Kier alpha value is -2.32. The van der Waals surface area contributed by atoms with Crippen LogP contribution in [0.15, 0.2) is 36.5 Å². The van der Waals surface area contributed by atoms with E-state index >= 15 is 0 Å². The topological polar surface area (TPSA) is 56.1 Å². The molecule has 2 heterocycles. The highest BCUT2D eigenvalue weighted by Crippen LogP contribution is 2.20. The molecule has 106 valence electrons. The number of nitriles is 1. The van der Waals surface area contributed by atoms with Gasteiger partial charge in [-0.05, 0) is 30.3 Å². The van der Waals surface area contributed by atoms with Crippen molar-refractivity contribution in [3.63, 3.8) is 0 Å². The molecule has 0 radical (unpaired) electrons. The number of aromatic nitrogens is 2. The summed E-state index contributed by atoms with van der Waals surface area (Å²) in [6.45, 7) is 3.44. The lowest BCUT2D eigenvalue weighted by Crippen LogP contribution is -2.47. The molecule has 5 nitrogen and oxygen atoms in total. The first-order valence-corrected chi connectivity index (χ1v) is 7.13. The van der Waals surface area contributed by atoms with Crippen molar-refractivity contribution in [3.8, 4) is 6.07 Å². The van der Waals surface area contributed by atoms with Crippen LogP contribution in [0.4, 0.5) is 11.6 Å². The maximum atomic E-state index is 8.90. The third kappa shape index (κ3) is 3.06. The lowest BCUT2D eigenvalue weighted by atomic mass is 10.2. The smallest absolute Gasteiger partial charge is 0.226 e. The fourth-order valence-corrected chi connectivity index (χ4v) is 2.51. The Balaban J connectivity index is 1.67. The van der Waals surface area contributed by atoms with Gasteiger partial charge in [0.2, 0.25) is 5.95 Å². The molecule has 0 saturated carbocycles. The molecule has 0 unspecified atom stereocenters. The van der Waals surface area contributed by atoms with Gasteiger partial charge in [0.15, 0.2) is 0 Å². The maximum absolute atomic E-state index is 8.90. The first kappa shape index (κ1) is 13.7. The van der Waals surface area contributed by atoms with E-state index < -0.39 is 0 Å². The van der Waals surface area contributed by atoms with Crippen LogP contribution < -0.4 is 9.80 Å². The van der Waals surface area contributed by atoms with Crippen LogP contribution in [-0.2, 0) is 0 Å². The zero-order valence-electron chi connectivity index (χ0n) is 11.4. The van der Waals surface area contributed by atoms with E-state index in [0.717, 1.165) is 31.2 Å². The first-order chi connectivity index (χ1) is 10.3. The average molecular weight is 300 g/mol. The molecule has 1 saturated heterocycles. The van der Waals surface area contributed by atoms with Crippen molar-refractivity contribution in [1.29, 1.82) is 5.26 Å². The van der Waals surface area contributed by atoms with E-state index in [1.54, 1.807) is 12.3 Å². The molecule has 0 N–H and O–H groups in total. The van der Waals surface area contributed by atoms with Crippen molar-refractivity contribution in [1.82, 2.24) is 9.97 Å². The molecule has 1 aromatic carbocycles. The van der Waals surface area contributed by atoms with Crippen LogP contribution in [0.2, 0.25) is 5.02 Å². The molecule has 0 bridgehead atoms. The van der Waals surface area contributed by atoms with Crippen LogP contribution in [0.5, 0.6) is 0 Å². The van der Waals surface area contributed by atoms with E-state index in [2.05, 4.69) is 19.8 Å². The Labute approximate surface area is 128 Å². The van der Waals surface area contributed by atoms with Crippen LogP contribution in [0, 0.1) is 11.3 Å². The summed E-state index contributed by atoms with van der Waals surface area (Å²) in [7, 11) is 0. The van der Waals surface area contributed by atoms with Crippen molar-refractivity contribution in [2.45, 2.75) is 0 Å². The van der Waals surface area contributed by atoms with Crippen molar-refractivity contribution in [3.05, 3.63) is 47.2 Å². The fraction of sp³-hybridized carbons (Fsp3) is 0.267. The summed E-state index contributed by atoms with van der Waals surface area (Å²) in [5.74, 6) is 0.629. The van der Waals surface area contributed by atoms with Gasteiger partial charge in [-0.25, -0.2) is 9.97 Å². The Morgan fingerprint density at radius 1 is 1.00 bits per heavy atom. The van der Waals surface area contributed by atoms with Gasteiger partial charge in [0.25, 0.3) is 0 Å². The second kappa shape index (κ2) is 5.98. The number of halogens is 1. The molecule has 3 rings (SSSR count). The monoisotopic (exact) mass is 299 g/mol. The molecule has 1 aromatic heterocycles. The van der Waals surface area contributed by atoms with Crippen molar-refractivity contribution in [2.24, 2.45) is 0 Å². The molecule has 0 spiro atoms. The highest BCUT2D eigenvalue weighted by atomic mass is 35.5. The van der Waals surface area contributed by atoms with Gasteiger partial charge < -0.3 is 9.80 Å². The summed E-state index contributed by atoms with van der Waals surface area (Å²) in [5, 5.41) is 9.64. The third-order valence-corrected chi connectivity index (χ3v) is 3.76. The molecular weight excluding hydrogens is 286 g/mol. The zero-order valence-corrected chi connectivity index (χ0v) is 12.2. The van der Waals surface area contributed by atoms with Crippen molar-refractivity contribution >= 4 is 23.2 Å². The van der Waals surface area contributed by atoms with Crippen molar-refractivity contribution in [2.75, 3.05) is 36.0 Å². The van der Waals surface area contributed by atoms with E-state index in [1.165, 1.54) is 5.69 Å². The first-order valence-electron chi connectivity index (χ1n) is 6.75. The summed E-state index contributed by atoms with van der Waals surface area (Å²) in [6.07, 6.45) is 1.63. The number of hydrogen-bond donors (Lipinski definition) is 0. The lowest BCUT2D eigenvalue weighted by molar-refractivity contribution is 0.639. The summed E-state index contributed by atoms with van der Waals surface area (Å²) in [6, 6.07) is 11.5. The summed E-state index contributed by atoms with van der Waals surface area (Å²) in [5.41, 5.74) is 1.57. The number of anilines is 2. The Morgan fingerprint density at radius 2 is 1.67 bits per heavy atom. The minimum absolute atomic E-state index is 0.403. The van der Waals surface area contributed by atoms with E-state index in [9.17, 15) is 0 Å². The number of rotatable bonds is 2. The van der Waals surface area contributed by atoms with Crippen LogP contribution >= 0.6 is 11.6 Å². The van der Waals surface area contributed by atoms with Gasteiger partial charge in [-0.2, -0.15) is 5.26 Å². The molecule has 0 amide bonds. The molecular formula is C15H14ClN5. The van der Waals surface area contributed by atoms with E-state index in [-0.39, 0.29) is 0 Å². The Kier molecular flexibility index (Phi) is 3.89. The molecule has 1 fully saturated rings. The molecule has 2 aromatic rings. The number of benzene rings is 1. The molecule has 0 aliphatic carbocycles. The highest BCUT2D eigenvalue weighted by molar-refractivity contribution is 6.30. The van der Waals surface area contributed by atoms with Crippen LogP contribution in [0.25, 0.3) is 0 Å². The Morgan fingerprint density at radius 3 is 2.33 bits per heavy atom. The molecule has 21 heavy (non-hydrogen) atoms. The van der Waals surface area contributed by atoms with Gasteiger partial charge in [-0.15, -0.1) is 0 Å². The predicted molar refractivity (Wildman–Crippen MR) is 82.6 cm³/mol. The normalized spacial score (nSPS) is 14.9. The summed E-state index contributed by atoms with van der Waals surface area (Å²) in [4.78, 5) is 12.9. The lowest BCUT2D eigenvalue weighted by Gasteiger charge is -2.36. The second-order valence-electron chi connectivity index (χ2n) is 4.80. The van der Waals surface area contributed by atoms with Gasteiger partial charge in [-0.3, -0.25) is 0 Å². The number of hydrogen-bond acceptors (Lipinski definition) is 5. The van der Waals surface area contributed by atoms with E-state index in [4.69, 9.17) is 16.9 Å². The van der Waals surface area contributed by atoms with E-state index in [1.807, 2.05) is 30.3 Å². The van der Waals surface area contributed by atoms with Crippen molar-refractivity contribution < 1.29 is 0 Å². The van der Waals surface area contributed by atoms with Gasteiger partial charge in [-0.1, -0.05) is 11.6 Å². The maximum Gasteiger partial charge on any atom is 0.226 e. The molecule has 1 aliphatic rings. The van der Waals surface area contributed by atoms with Crippen LogP contribution in [0.3, 0.4) is 0 Å². The highest BCUT2D eigenvalue weighted by Gasteiger charge is 2.19. The zero-order chi connectivity index (χ0) is 14.7. The largest absolute Gasteiger partial charge is 0.368 e. The number of nitrogens with zero attached hydrogens (tertiary/aromatic N) is 5. The average Bonchev–Trinajstić information content (AvgIpc) is 2.56. The minimum atomic E-state index is 0.403. The SMILES string of the molecule is N#Cc1ccnc(N2CCN(c3ccc(Cl)cc3)CC2)n1.